The summed E-state index contributed by atoms with van der Waals surface area (Å²) in [6, 6.07) is 34.9. The minimum atomic E-state index is 1.06. The van der Waals surface area contributed by atoms with Gasteiger partial charge in [0, 0.05) is 33.4 Å². The van der Waals surface area contributed by atoms with E-state index in [-0.39, 0.29) is 0 Å². The Hall–Kier alpha value is -5.08. The number of benzene rings is 5. The van der Waals surface area contributed by atoms with Crippen LogP contribution in [-0.2, 0) is 0 Å². The molecule has 2 nitrogen and oxygen atoms in total. The molecule has 0 bridgehead atoms. The molecule has 5 aromatic rings. The molecule has 186 valence electrons. The highest BCUT2D eigenvalue weighted by molar-refractivity contribution is 6.44. The smallest absolute Gasteiger partial charge is 0.0795 e. The third-order valence-corrected chi connectivity index (χ3v) is 8.96. The number of aryl methyl sites for hydroxylation is 1. The molecule has 2 heteroatoms. The van der Waals surface area contributed by atoms with Crippen LogP contribution in [0.4, 0.5) is 11.4 Å². The minimum absolute atomic E-state index is 1.06. The van der Waals surface area contributed by atoms with Gasteiger partial charge < -0.3 is 0 Å². The van der Waals surface area contributed by atoms with Crippen molar-refractivity contribution < 1.29 is 0 Å². The predicted octanol–water partition coefficient (Wildman–Crippen LogP) is 9.61. The highest BCUT2D eigenvalue weighted by atomic mass is 14.8. The number of allylic oxidation sites excluding steroid dienone is 2. The first-order valence-electron chi connectivity index (χ1n) is 13.9. The van der Waals surface area contributed by atoms with Gasteiger partial charge in [-0.1, -0.05) is 84.9 Å². The molecule has 0 aromatic heterocycles. The fraction of sp³-hybridized carbons (Fsp3) is 0.0526. The van der Waals surface area contributed by atoms with Crippen molar-refractivity contribution in [2.45, 2.75) is 13.8 Å². The summed E-state index contributed by atoms with van der Waals surface area (Å²) in [5.41, 5.74) is 21.9. The van der Waals surface area contributed by atoms with Crippen LogP contribution in [0, 0.1) is 13.8 Å². The molecular formula is C38H24N2. The fourth-order valence-electron chi connectivity index (χ4n) is 6.90. The summed E-state index contributed by atoms with van der Waals surface area (Å²) in [6.45, 7) is 4.48. The second-order valence-corrected chi connectivity index (χ2v) is 11.0. The van der Waals surface area contributed by atoms with Crippen LogP contribution in [0.2, 0.25) is 0 Å². The van der Waals surface area contributed by atoms with E-state index in [0.717, 1.165) is 22.8 Å². The van der Waals surface area contributed by atoms with Crippen LogP contribution in [-0.4, -0.2) is 11.4 Å². The summed E-state index contributed by atoms with van der Waals surface area (Å²) >= 11 is 0. The number of hydrogen-bond donors (Lipinski definition) is 0. The lowest BCUT2D eigenvalue weighted by atomic mass is 9.84. The molecule has 2 heterocycles. The third kappa shape index (κ3) is 2.78. The van der Waals surface area contributed by atoms with Crippen molar-refractivity contribution in [3.05, 3.63) is 142 Å². The second-order valence-electron chi connectivity index (χ2n) is 11.0. The molecule has 0 N–H and O–H groups in total. The zero-order valence-electron chi connectivity index (χ0n) is 22.3. The molecule has 0 atom stereocenters. The molecule has 0 spiro atoms. The number of aliphatic imine (C=N–C) groups is 2. The quantitative estimate of drug-likeness (QED) is 0.227. The van der Waals surface area contributed by atoms with Gasteiger partial charge in [-0.15, -0.1) is 0 Å². The average molecular weight is 509 g/mol. The van der Waals surface area contributed by atoms with Crippen LogP contribution in [0.25, 0.3) is 45.6 Å². The molecule has 2 aliphatic carbocycles. The van der Waals surface area contributed by atoms with Gasteiger partial charge in [0.25, 0.3) is 0 Å². The van der Waals surface area contributed by atoms with Crippen molar-refractivity contribution >= 4 is 46.1 Å². The molecule has 0 unspecified atom stereocenters. The van der Waals surface area contributed by atoms with Crippen LogP contribution in [0.1, 0.15) is 44.5 Å². The van der Waals surface area contributed by atoms with Crippen molar-refractivity contribution in [1.29, 1.82) is 0 Å². The van der Waals surface area contributed by atoms with Gasteiger partial charge in [-0.05, 0) is 82.6 Å². The first-order valence-corrected chi connectivity index (χ1v) is 13.9. The zero-order chi connectivity index (χ0) is 26.5. The summed E-state index contributed by atoms with van der Waals surface area (Å²) < 4.78 is 0. The van der Waals surface area contributed by atoms with Gasteiger partial charge in [-0.25, -0.2) is 9.98 Å². The highest BCUT2D eigenvalue weighted by Crippen LogP contribution is 2.50. The van der Waals surface area contributed by atoms with Crippen LogP contribution in [0.3, 0.4) is 0 Å². The molecule has 0 radical (unpaired) electrons. The maximum Gasteiger partial charge on any atom is 0.0795 e. The Morgan fingerprint density at radius 1 is 0.425 bits per heavy atom. The van der Waals surface area contributed by atoms with Gasteiger partial charge in [0.1, 0.15) is 0 Å². The summed E-state index contributed by atoms with van der Waals surface area (Å²) in [7, 11) is 0. The monoisotopic (exact) mass is 508 g/mol. The van der Waals surface area contributed by atoms with Crippen LogP contribution >= 0.6 is 0 Å². The summed E-state index contributed by atoms with van der Waals surface area (Å²) in [5.74, 6) is 0. The van der Waals surface area contributed by atoms with Gasteiger partial charge in [0.15, 0.2) is 0 Å². The maximum atomic E-state index is 5.04. The average Bonchev–Trinajstić information content (AvgIpc) is 3.72. The highest BCUT2D eigenvalue weighted by Gasteiger charge is 2.32. The van der Waals surface area contributed by atoms with Crippen LogP contribution in [0.15, 0.2) is 107 Å². The summed E-state index contributed by atoms with van der Waals surface area (Å²) in [4.78, 5) is 10.1. The molecule has 4 aliphatic rings. The van der Waals surface area contributed by atoms with Crippen LogP contribution < -0.4 is 0 Å². The molecule has 5 aromatic carbocycles. The Balaban J connectivity index is 1.27. The summed E-state index contributed by atoms with van der Waals surface area (Å²) in [5, 5.41) is 0. The summed E-state index contributed by atoms with van der Waals surface area (Å²) in [6.07, 6.45) is 4.70. The maximum absolute atomic E-state index is 5.04. The largest absolute Gasteiger partial charge is 0.247 e. The van der Waals surface area contributed by atoms with Crippen molar-refractivity contribution in [3.8, 4) is 22.3 Å². The Bertz CT molecular complexity index is 2120. The topological polar surface area (TPSA) is 24.7 Å². The SMILES string of the molecule is Cc1ccc(-c2cccc3c2C=C2C3=Nc3ccccc32)c(-c2cccc3c2C=C2C3=Nc3ccccc32)c1C. The first-order chi connectivity index (χ1) is 19.7. The Morgan fingerprint density at radius 3 is 1.55 bits per heavy atom. The number of hydrogen-bond acceptors (Lipinski definition) is 2. The lowest BCUT2D eigenvalue weighted by Crippen LogP contribution is -2.00. The number of rotatable bonds is 2. The Kier molecular flexibility index (Phi) is 4.22. The van der Waals surface area contributed by atoms with E-state index in [0.29, 0.717) is 0 Å². The lowest BCUT2D eigenvalue weighted by molar-refractivity contribution is 1.34. The van der Waals surface area contributed by atoms with Crippen molar-refractivity contribution in [3.63, 3.8) is 0 Å². The molecule has 0 fully saturated rings. The van der Waals surface area contributed by atoms with E-state index in [1.807, 2.05) is 0 Å². The minimum Gasteiger partial charge on any atom is -0.247 e. The molecule has 0 amide bonds. The fourth-order valence-corrected chi connectivity index (χ4v) is 6.90. The van der Waals surface area contributed by atoms with E-state index in [9.17, 15) is 0 Å². The van der Waals surface area contributed by atoms with E-state index < -0.39 is 0 Å². The van der Waals surface area contributed by atoms with Crippen molar-refractivity contribution in [2.75, 3.05) is 0 Å². The van der Waals surface area contributed by atoms with Gasteiger partial charge in [0.2, 0.25) is 0 Å². The third-order valence-electron chi connectivity index (χ3n) is 8.96. The Morgan fingerprint density at radius 2 is 0.925 bits per heavy atom. The van der Waals surface area contributed by atoms with Crippen molar-refractivity contribution in [2.24, 2.45) is 9.98 Å². The van der Waals surface area contributed by atoms with E-state index in [4.69, 9.17) is 9.98 Å². The molecule has 0 saturated carbocycles. The van der Waals surface area contributed by atoms with E-state index >= 15 is 0 Å². The molecule has 2 aliphatic heterocycles. The molecule has 40 heavy (non-hydrogen) atoms. The van der Waals surface area contributed by atoms with Gasteiger partial charge in [-0.3, -0.25) is 0 Å². The van der Waals surface area contributed by atoms with Gasteiger partial charge in [-0.2, -0.15) is 0 Å². The van der Waals surface area contributed by atoms with Gasteiger partial charge in [0.05, 0.1) is 22.8 Å². The number of fused-ring (bicyclic) bond motifs is 10. The molecular weight excluding hydrogens is 484 g/mol. The standard InChI is InChI=1S/C38H24N2/c1-21-17-18-27(23-11-7-13-28-30(23)19-32-24-9-3-5-15-34(24)39-37(28)32)36(22(21)2)26-12-8-14-29-31(26)20-33-25-10-4-6-16-35(25)40-38(29)33/h3-20H,1-2H3. The van der Waals surface area contributed by atoms with Gasteiger partial charge >= 0.3 is 0 Å². The lowest BCUT2D eigenvalue weighted by Gasteiger charge is -2.19. The van der Waals surface area contributed by atoms with E-state index in [1.165, 1.54) is 77.9 Å². The second kappa shape index (κ2) is 7.74. The normalized spacial score (nSPS) is 14.8. The Labute approximate surface area is 233 Å². The van der Waals surface area contributed by atoms with E-state index in [2.05, 4.69) is 123 Å². The van der Waals surface area contributed by atoms with E-state index in [1.54, 1.807) is 0 Å². The predicted molar refractivity (Wildman–Crippen MR) is 168 cm³/mol. The van der Waals surface area contributed by atoms with Crippen LogP contribution in [0.5, 0.6) is 0 Å². The number of para-hydroxylation sites is 2. The van der Waals surface area contributed by atoms with Crippen molar-refractivity contribution in [1.82, 2.24) is 0 Å². The number of nitrogens with zero attached hydrogens (tertiary/aromatic N) is 2. The molecule has 9 rings (SSSR count). The first kappa shape index (κ1) is 21.8. The zero-order valence-corrected chi connectivity index (χ0v) is 22.3. The molecule has 0 saturated heterocycles.